The number of aliphatic imine (C=N–C) groups is 1. The Morgan fingerprint density at radius 3 is 1.93 bits per heavy atom. The highest BCUT2D eigenvalue weighted by molar-refractivity contribution is 6.02. The van der Waals surface area contributed by atoms with Gasteiger partial charge in [0.25, 0.3) is 0 Å². The minimum absolute atomic E-state index is 0.945. The van der Waals surface area contributed by atoms with Gasteiger partial charge in [-0.1, -0.05) is 134 Å². The number of fused-ring (bicyclic) bond motifs is 3. The van der Waals surface area contributed by atoms with E-state index in [4.69, 9.17) is 4.99 Å². The highest BCUT2D eigenvalue weighted by Crippen LogP contribution is 2.35. The number of benzene rings is 4. The van der Waals surface area contributed by atoms with Gasteiger partial charge in [0.05, 0.1) is 5.70 Å². The quantitative estimate of drug-likeness (QED) is 0.181. The molecule has 4 aromatic carbocycles. The summed E-state index contributed by atoms with van der Waals surface area (Å²) in [4.78, 5) is 5.02. The van der Waals surface area contributed by atoms with Crippen LogP contribution in [0.4, 0.5) is 0 Å². The van der Waals surface area contributed by atoms with Crippen molar-refractivity contribution in [2.75, 3.05) is 0 Å². The molecule has 2 aliphatic carbocycles. The first-order chi connectivity index (χ1) is 21.7. The van der Waals surface area contributed by atoms with Crippen LogP contribution in [-0.4, -0.2) is 10.3 Å². The molecule has 2 heteroatoms. The molecule has 0 unspecified atom stereocenters. The van der Waals surface area contributed by atoms with Crippen molar-refractivity contribution >= 4 is 23.6 Å². The molecule has 0 spiro atoms. The van der Waals surface area contributed by atoms with Gasteiger partial charge in [-0.3, -0.25) is 4.99 Å². The maximum atomic E-state index is 5.02. The predicted octanol–water partition coefficient (Wildman–Crippen LogP) is 10.8. The third-order valence-electron chi connectivity index (χ3n) is 8.72. The summed E-state index contributed by atoms with van der Waals surface area (Å²) in [6.07, 6.45) is 18.7. The Balaban J connectivity index is 1.11. The molecule has 2 aliphatic rings. The van der Waals surface area contributed by atoms with E-state index in [9.17, 15) is 0 Å². The molecule has 5 aromatic rings. The standard InChI is InChI=1S/C42H36N2/c1-3-40(43-30(2)31-18-20-33(21-19-31)32-12-6-4-7-13-32)36-24-22-34(23-25-36)35-26-28-37(29-27-35)44-41-16-9-5-8-14-38(41)39-15-10-11-17-42(39)44/h3-10,12-15,18-29H,11,16-17H2,1-2H3/b40-3-,43-30?. The lowest BCUT2D eigenvalue weighted by molar-refractivity contribution is 0.845. The number of hydrogen-bond donors (Lipinski definition) is 0. The molecule has 2 nitrogen and oxygen atoms in total. The first kappa shape index (κ1) is 27.6. The second-order valence-electron chi connectivity index (χ2n) is 11.4. The molecule has 0 aliphatic heterocycles. The lowest BCUT2D eigenvalue weighted by atomic mass is 10.0. The Bertz CT molecular complexity index is 1940. The number of rotatable bonds is 6. The van der Waals surface area contributed by atoms with E-state index in [0.29, 0.717) is 0 Å². The van der Waals surface area contributed by atoms with E-state index in [1.54, 1.807) is 0 Å². The van der Waals surface area contributed by atoms with Crippen molar-refractivity contribution in [3.63, 3.8) is 0 Å². The molecule has 0 amide bonds. The molecule has 0 N–H and O–H groups in total. The van der Waals surface area contributed by atoms with E-state index in [0.717, 1.165) is 41.8 Å². The Morgan fingerprint density at radius 1 is 0.636 bits per heavy atom. The van der Waals surface area contributed by atoms with Crippen molar-refractivity contribution in [2.45, 2.75) is 33.1 Å². The van der Waals surface area contributed by atoms with Gasteiger partial charge >= 0.3 is 0 Å². The second kappa shape index (κ2) is 12.2. The fourth-order valence-electron chi connectivity index (χ4n) is 6.39. The summed E-state index contributed by atoms with van der Waals surface area (Å²) < 4.78 is 2.49. The van der Waals surface area contributed by atoms with Gasteiger partial charge < -0.3 is 4.57 Å². The highest BCUT2D eigenvalue weighted by atomic mass is 15.0. The minimum atomic E-state index is 0.945. The summed E-state index contributed by atoms with van der Waals surface area (Å²) in [5, 5.41) is 0. The van der Waals surface area contributed by atoms with Crippen molar-refractivity contribution in [3.05, 3.63) is 167 Å². The monoisotopic (exact) mass is 568 g/mol. The Morgan fingerprint density at radius 2 is 1.25 bits per heavy atom. The van der Waals surface area contributed by atoms with Gasteiger partial charge in [-0.05, 0) is 72.2 Å². The summed E-state index contributed by atoms with van der Waals surface area (Å²) >= 11 is 0. The Labute approximate surface area is 260 Å². The largest absolute Gasteiger partial charge is 0.316 e. The fourth-order valence-corrected chi connectivity index (χ4v) is 6.39. The van der Waals surface area contributed by atoms with Crippen molar-refractivity contribution in [3.8, 4) is 27.9 Å². The van der Waals surface area contributed by atoms with Gasteiger partial charge in [0.1, 0.15) is 0 Å². The third kappa shape index (κ3) is 5.36. The average molecular weight is 569 g/mol. The zero-order chi connectivity index (χ0) is 29.9. The number of nitrogens with zero attached hydrogens (tertiary/aromatic N) is 2. The van der Waals surface area contributed by atoms with Crippen LogP contribution < -0.4 is 0 Å². The molecule has 0 saturated carbocycles. The zero-order valence-corrected chi connectivity index (χ0v) is 25.4. The van der Waals surface area contributed by atoms with Crippen molar-refractivity contribution < 1.29 is 0 Å². The van der Waals surface area contributed by atoms with Crippen molar-refractivity contribution in [1.29, 1.82) is 0 Å². The van der Waals surface area contributed by atoms with Gasteiger partial charge in [0.2, 0.25) is 0 Å². The van der Waals surface area contributed by atoms with Crippen LogP contribution in [0, 0.1) is 0 Å². The number of aromatic nitrogens is 1. The molecule has 214 valence electrons. The summed E-state index contributed by atoms with van der Waals surface area (Å²) in [6, 6.07) is 37.0. The first-order valence-corrected chi connectivity index (χ1v) is 15.5. The normalized spacial score (nSPS) is 14.3. The highest BCUT2D eigenvalue weighted by Gasteiger charge is 2.22. The molecule has 0 radical (unpaired) electrons. The zero-order valence-electron chi connectivity index (χ0n) is 25.4. The predicted molar refractivity (Wildman–Crippen MR) is 188 cm³/mol. The van der Waals surface area contributed by atoms with E-state index in [1.807, 2.05) is 6.07 Å². The van der Waals surface area contributed by atoms with Crippen LogP contribution in [0.3, 0.4) is 0 Å². The van der Waals surface area contributed by atoms with Gasteiger partial charge in [0.15, 0.2) is 0 Å². The lowest BCUT2D eigenvalue weighted by Gasteiger charge is -2.15. The SMILES string of the molecule is C/C=C(\N=C(C)c1ccc(-c2ccccc2)cc1)c1ccc(-c2ccc(-n3c4c(c5c3CCC=C5)C=CC=CC4)cc2)cc1. The van der Waals surface area contributed by atoms with Crippen LogP contribution in [0.5, 0.6) is 0 Å². The third-order valence-corrected chi connectivity index (χ3v) is 8.72. The van der Waals surface area contributed by atoms with E-state index in [-0.39, 0.29) is 0 Å². The average Bonchev–Trinajstić information content (AvgIpc) is 3.21. The second-order valence-corrected chi connectivity index (χ2v) is 11.4. The van der Waals surface area contributed by atoms with Gasteiger partial charge in [-0.25, -0.2) is 0 Å². The van der Waals surface area contributed by atoms with Crippen LogP contribution in [0.25, 0.3) is 45.8 Å². The molecule has 0 fully saturated rings. The number of allylic oxidation sites excluding steroid dienone is 5. The van der Waals surface area contributed by atoms with E-state index in [2.05, 4.69) is 158 Å². The molecule has 1 heterocycles. The summed E-state index contributed by atoms with van der Waals surface area (Å²) in [7, 11) is 0. The minimum Gasteiger partial charge on any atom is -0.316 e. The summed E-state index contributed by atoms with van der Waals surface area (Å²) in [5.41, 5.74) is 15.9. The van der Waals surface area contributed by atoms with Crippen molar-refractivity contribution in [1.82, 2.24) is 4.57 Å². The van der Waals surface area contributed by atoms with Gasteiger partial charge in [-0.2, -0.15) is 0 Å². The fraction of sp³-hybridized carbons (Fsp3) is 0.119. The Hall–Kier alpha value is -5.21. The van der Waals surface area contributed by atoms with Crippen LogP contribution in [0.1, 0.15) is 53.9 Å². The van der Waals surface area contributed by atoms with E-state index < -0.39 is 0 Å². The van der Waals surface area contributed by atoms with Gasteiger partial charge in [-0.15, -0.1) is 0 Å². The Kier molecular flexibility index (Phi) is 7.65. The van der Waals surface area contributed by atoms with Crippen LogP contribution >= 0.6 is 0 Å². The molecule has 1 aromatic heterocycles. The van der Waals surface area contributed by atoms with Crippen LogP contribution in [0.15, 0.2) is 139 Å². The molecule has 0 saturated heterocycles. The summed E-state index contributed by atoms with van der Waals surface area (Å²) in [6.45, 7) is 4.14. The van der Waals surface area contributed by atoms with Crippen molar-refractivity contribution in [2.24, 2.45) is 4.99 Å². The smallest absolute Gasteiger partial charge is 0.0662 e. The molecular formula is C42H36N2. The molecule has 0 atom stereocenters. The van der Waals surface area contributed by atoms with E-state index >= 15 is 0 Å². The maximum absolute atomic E-state index is 5.02. The molecule has 44 heavy (non-hydrogen) atoms. The summed E-state index contributed by atoms with van der Waals surface area (Å²) in [5.74, 6) is 0. The lowest BCUT2D eigenvalue weighted by Crippen LogP contribution is -2.06. The van der Waals surface area contributed by atoms with E-state index in [1.165, 1.54) is 50.5 Å². The van der Waals surface area contributed by atoms with Crippen LogP contribution in [-0.2, 0) is 12.8 Å². The topological polar surface area (TPSA) is 17.3 Å². The molecule has 7 rings (SSSR count). The molecule has 0 bridgehead atoms. The molecular weight excluding hydrogens is 532 g/mol. The van der Waals surface area contributed by atoms with Crippen LogP contribution in [0.2, 0.25) is 0 Å². The first-order valence-electron chi connectivity index (χ1n) is 15.5. The van der Waals surface area contributed by atoms with Gasteiger partial charge in [0, 0.05) is 40.3 Å². The maximum Gasteiger partial charge on any atom is 0.0662 e. The number of hydrogen-bond acceptors (Lipinski definition) is 1.